The molecule has 0 radical (unpaired) electrons. The second kappa shape index (κ2) is 9.99. The van der Waals surface area contributed by atoms with Gasteiger partial charge in [0.15, 0.2) is 5.60 Å². The van der Waals surface area contributed by atoms with Gasteiger partial charge in [-0.25, -0.2) is 4.79 Å². The van der Waals surface area contributed by atoms with E-state index in [-0.39, 0.29) is 25.6 Å². The molecule has 0 aliphatic heterocycles. The maximum atomic E-state index is 12.4. The second-order valence-corrected chi connectivity index (χ2v) is 7.20. The number of halogens is 1. The SMILES string of the molecule is Cc1ccc(Cl)c(OC(C)(C)C(=O)NCCNC(=O)OCc2ccccc2)c1. The van der Waals surface area contributed by atoms with Crippen molar-refractivity contribution in [3.05, 3.63) is 64.7 Å². The number of ether oxygens (including phenoxy) is 2. The Kier molecular flexibility index (Phi) is 7.70. The lowest BCUT2D eigenvalue weighted by Gasteiger charge is -2.26. The lowest BCUT2D eigenvalue weighted by molar-refractivity contribution is -0.134. The van der Waals surface area contributed by atoms with E-state index in [0.717, 1.165) is 11.1 Å². The molecule has 2 amide bonds. The van der Waals surface area contributed by atoms with Gasteiger partial charge in [-0.05, 0) is 44.0 Å². The molecule has 6 nitrogen and oxygen atoms in total. The third kappa shape index (κ3) is 6.78. The van der Waals surface area contributed by atoms with Crippen LogP contribution in [-0.4, -0.2) is 30.7 Å². The van der Waals surface area contributed by atoms with Crippen molar-refractivity contribution in [3.8, 4) is 5.75 Å². The van der Waals surface area contributed by atoms with E-state index in [4.69, 9.17) is 21.1 Å². The number of carbonyl (C=O) groups excluding carboxylic acids is 2. The number of hydrogen-bond donors (Lipinski definition) is 2. The molecule has 0 heterocycles. The van der Waals surface area contributed by atoms with E-state index < -0.39 is 11.7 Å². The Bertz CT molecular complexity index is 809. The van der Waals surface area contributed by atoms with Gasteiger partial charge in [-0.15, -0.1) is 0 Å². The van der Waals surface area contributed by atoms with Crippen LogP contribution < -0.4 is 15.4 Å². The molecule has 0 spiro atoms. The Morgan fingerprint density at radius 2 is 1.71 bits per heavy atom. The monoisotopic (exact) mass is 404 g/mol. The highest BCUT2D eigenvalue weighted by Gasteiger charge is 2.30. The third-order valence-electron chi connectivity index (χ3n) is 3.89. The Morgan fingerprint density at radius 3 is 2.43 bits per heavy atom. The average Bonchev–Trinajstić information content (AvgIpc) is 2.67. The van der Waals surface area contributed by atoms with Crippen molar-refractivity contribution in [1.29, 1.82) is 0 Å². The molecule has 2 aromatic rings. The first-order chi connectivity index (χ1) is 13.3. The largest absolute Gasteiger partial charge is 0.476 e. The van der Waals surface area contributed by atoms with Crippen LogP contribution >= 0.6 is 11.6 Å². The van der Waals surface area contributed by atoms with E-state index in [1.54, 1.807) is 26.0 Å². The molecule has 0 saturated heterocycles. The number of benzene rings is 2. The summed E-state index contributed by atoms with van der Waals surface area (Å²) in [6.07, 6.45) is -0.542. The summed E-state index contributed by atoms with van der Waals surface area (Å²) in [7, 11) is 0. The molecule has 150 valence electrons. The zero-order valence-electron chi connectivity index (χ0n) is 16.3. The van der Waals surface area contributed by atoms with Crippen LogP contribution in [0.15, 0.2) is 48.5 Å². The molecule has 0 aliphatic carbocycles. The van der Waals surface area contributed by atoms with Gasteiger partial charge in [0.25, 0.3) is 5.91 Å². The topological polar surface area (TPSA) is 76.7 Å². The van der Waals surface area contributed by atoms with Crippen LogP contribution in [0.3, 0.4) is 0 Å². The molecule has 2 N–H and O–H groups in total. The molecule has 2 aromatic carbocycles. The molecule has 2 rings (SSSR count). The lowest BCUT2D eigenvalue weighted by Crippen LogP contribution is -2.48. The lowest BCUT2D eigenvalue weighted by atomic mass is 10.1. The van der Waals surface area contributed by atoms with Crippen molar-refractivity contribution in [2.24, 2.45) is 0 Å². The highest BCUT2D eigenvalue weighted by molar-refractivity contribution is 6.32. The molecule has 0 saturated carbocycles. The maximum absolute atomic E-state index is 12.4. The Labute approximate surface area is 170 Å². The summed E-state index contributed by atoms with van der Waals surface area (Å²) in [4.78, 5) is 24.1. The van der Waals surface area contributed by atoms with Crippen molar-refractivity contribution in [2.75, 3.05) is 13.1 Å². The smallest absolute Gasteiger partial charge is 0.407 e. The molecule has 0 atom stereocenters. The van der Waals surface area contributed by atoms with Gasteiger partial charge in [-0.1, -0.05) is 48.0 Å². The Morgan fingerprint density at radius 1 is 1.04 bits per heavy atom. The predicted molar refractivity (Wildman–Crippen MR) is 109 cm³/mol. The van der Waals surface area contributed by atoms with E-state index in [1.807, 2.05) is 43.3 Å². The van der Waals surface area contributed by atoms with Crippen LogP contribution in [0, 0.1) is 6.92 Å². The summed E-state index contributed by atoms with van der Waals surface area (Å²) in [5.74, 6) is 0.133. The molecule has 28 heavy (non-hydrogen) atoms. The molecule has 0 aliphatic rings. The average molecular weight is 405 g/mol. The first-order valence-electron chi connectivity index (χ1n) is 8.96. The van der Waals surface area contributed by atoms with E-state index in [0.29, 0.717) is 10.8 Å². The minimum absolute atomic E-state index is 0.192. The zero-order valence-corrected chi connectivity index (χ0v) is 17.0. The highest BCUT2D eigenvalue weighted by atomic mass is 35.5. The van der Waals surface area contributed by atoms with Crippen molar-refractivity contribution >= 4 is 23.6 Å². The summed E-state index contributed by atoms with van der Waals surface area (Å²) in [6.45, 7) is 5.90. The summed E-state index contributed by atoms with van der Waals surface area (Å²) >= 11 is 6.12. The number of alkyl carbamates (subject to hydrolysis) is 1. The summed E-state index contributed by atoms with van der Waals surface area (Å²) in [5.41, 5.74) is 0.763. The van der Waals surface area contributed by atoms with Crippen LogP contribution in [0.2, 0.25) is 5.02 Å². The summed E-state index contributed by atoms with van der Waals surface area (Å²) in [5, 5.41) is 5.76. The van der Waals surface area contributed by atoms with Crippen LogP contribution in [0.4, 0.5) is 4.79 Å². The number of nitrogens with one attached hydrogen (secondary N) is 2. The molecule has 0 aromatic heterocycles. The fraction of sp³-hybridized carbons (Fsp3) is 0.333. The van der Waals surface area contributed by atoms with Crippen LogP contribution in [-0.2, 0) is 16.1 Å². The van der Waals surface area contributed by atoms with E-state index in [1.165, 1.54) is 0 Å². The standard InChI is InChI=1S/C21H25ClN2O4/c1-15-9-10-17(22)18(13-15)28-21(2,3)19(25)23-11-12-24-20(26)27-14-16-7-5-4-6-8-16/h4-10,13H,11-12,14H2,1-3H3,(H,23,25)(H,24,26). The van der Waals surface area contributed by atoms with Crippen LogP contribution in [0.1, 0.15) is 25.0 Å². The highest BCUT2D eigenvalue weighted by Crippen LogP contribution is 2.28. The van der Waals surface area contributed by atoms with Crippen LogP contribution in [0.5, 0.6) is 5.75 Å². The second-order valence-electron chi connectivity index (χ2n) is 6.79. The molecular weight excluding hydrogens is 380 g/mol. The molecule has 0 unspecified atom stereocenters. The van der Waals surface area contributed by atoms with E-state index >= 15 is 0 Å². The van der Waals surface area contributed by atoms with Crippen LogP contribution in [0.25, 0.3) is 0 Å². The fourth-order valence-electron chi connectivity index (χ4n) is 2.34. The van der Waals surface area contributed by atoms with Gasteiger partial charge in [0.1, 0.15) is 12.4 Å². The van der Waals surface area contributed by atoms with Gasteiger partial charge in [-0.2, -0.15) is 0 Å². The Hall–Kier alpha value is -2.73. The van der Waals surface area contributed by atoms with Gasteiger partial charge in [0, 0.05) is 13.1 Å². The Balaban J connectivity index is 1.72. The summed E-state index contributed by atoms with van der Waals surface area (Å²) in [6, 6.07) is 14.8. The molecule has 7 heteroatoms. The fourth-order valence-corrected chi connectivity index (χ4v) is 2.49. The number of carbonyl (C=O) groups is 2. The van der Waals surface area contributed by atoms with Gasteiger partial charge >= 0.3 is 6.09 Å². The van der Waals surface area contributed by atoms with Crippen molar-refractivity contribution < 1.29 is 19.1 Å². The third-order valence-corrected chi connectivity index (χ3v) is 4.20. The maximum Gasteiger partial charge on any atom is 0.407 e. The predicted octanol–water partition coefficient (Wildman–Crippen LogP) is 3.85. The molecule has 0 bridgehead atoms. The number of amides is 2. The van der Waals surface area contributed by atoms with E-state index in [2.05, 4.69) is 10.6 Å². The first kappa shape index (κ1) is 21.6. The van der Waals surface area contributed by atoms with Crippen molar-refractivity contribution in [1.82, 2.24) is 10.6 Å². The minimum atomic E-state index is -1.12. The number of rotatable bonds is 8. The van der Waals surface area contributed by atoms with E-state index in [9.17, 15) is 9.59 Å². The summed E-state index contributed by atoms with van der Waals surface area (Å²) < 4.78 is 10.9. The first-order valence-corrected chi connectivity index (χ1v) is 9.34. The van der Waals surface area contributed by atoms with Gasteiger partial charge in [0.2, 0.25) is 0 Å². The van der Waals surface area contributed by atoms with Gasteiger partial charge in [0.05, 0.1) is 5.02 Å². The zero-order chi connectivity index (χ0) is 20.6. The quantitative estimate of drug-likeness (QED) is 0.655. The molecular formula is C21H25ClN2O4. The normalized spacial score (nSPS) is 10.9. The number of aryl methyl sites for hydroxylation is 1. The van der Waals surface area contributed by atoms with Crippen molar-refractivity contribution in [3.63, 3.8) is 0 Å². The van der Waals surface area contributed by atoms with Gasteiger partial charge < -0.3 is 20.1 Å². The number of hydrogen-bond acceptors (Lipinski definition) is 4. The molecule has 0 fully saturated rings. The minimum Gasteiger partial charge on any atom is -0.476 e. The van der Waals surface area contributed by atoms with Gasteiger partial charge in [-0.3, -0.25) is 4.79 Å². The van der Waals surface area contributed by atoms with Crippen molar-refractivity contribution in [2.45, 2.75) is 33.0 Å².